The molecule has 2 aliphatic heterocycles. The molecule has 1 aromatic carbocycles. The minimum absolute atomic E-state index is 0.179. The van der Waals surface area contributed by atoms with E-state index in [0.29, 0.717) is 11.8 Å². The van der Waals surface area contributed by atoms with Gasteiger partial charge in [0.05, 0.1) is 24.5 Å². The van der Waals surface area contributed by atoms with E-state index in [4.69, 9.17) is 14.5 Å². The highest BCUT2D eigenvalue weighted by atomic mass is 19.1. The Balaban J connectivity index is 1.39. The van der Waals surface area contributed by atoms with E-state index in [1.807, 2.05) is 24.1 Å². The molecule has 0 aromatic heterocycles. The molecule has 174 valence electrons. The van der Waals surface area contributed by atoms with Gasteiger partial charge in [-0.1, -0.05) is 12.1 Å². The third-order valence-electron chi connectivity index (χ3n) is 6.05. The second-order valence-electron chi connectivity index (χ2n) is 8.47. The molecule has 6 nitrogen and oxygen atoms in total. The molecular weight excluding hydrogens is 395 g/mol. The predicted molar refractivity (Wildman–Crippen MR) is 124 cm³/mol. The van der Waals surface area contributed by atoms with Crippen LogP contribution in [0.3, 0.4) is 0 Å². The second kappa shape index (κ2) is 12.9. The summed E-state index contributed by atoms with van der Waals surface area (Å²) in [6.45, 7) is 7.96. The van der Waals surface area contributed by atoms with Crippen LogP contribution in [0.4, 0.5) is 10.1 Å². The molecule has 2 fully saturated rings. The quantitative estimate of drug-likeness (QED) is 0.365. The summed E-state index contributed by atoms with van der Waals surface area (Å²) in [5.41, 5.74) is 0.638. The number of hydrogen-bond acceptors (Lipinski definition) is 4. The normalized spacial score (nSPS) is 20.7. The van der Waals surface area contributed by atoms with Gasteiger partial charge in [0.1, 0.15) is 5.82 Å². The van der Waals surface area contributed by atoms with Gasteiger partial charge in [-0.2, -0.15) is 0 Å². The first-order valence-corrected chi connectivity index (χ1v) is 11.9. The number of nitrogens with zero attached hydrogens (tertiary/aromatic N) is 3. The Morgan fingerprint density at radius 2 is 2.06 bits per heavy atom. The molecule has 2 heterocycles. The van der Waals surface area contributed by atoms with E-state index in [1.54, 1.807) is 6.07 Å². The number of ether oxygens (including phenoxy) is 2. The monoisotopic (exact) mass is 434 g/mol. The fourth-order valence-electron chi connectivity index (χ4n) is 4.22. The number of aliphatic imine (C=N–C) groups is 1. The first-order chi connectivity index (χ1) is 15.2. The molecule has 31 heavy (non-hydrogen) atoms. The number of hydrogen-bond donors (Lipinski definition) is 1. The number of halogens is 1. The highest BCUT2D eigenvalue weighted by Gasteiger charge is 2.23. The van der Waals surface area contributed by atoms with Gasteiger partial charge < -0.3 is 24.6 Å². The molecule has 1 unspecified atom stereocenters. The standard InChI is InChI=1S/C24H39FN4O2/c1-3-26-24(27-14-8-15-28(2)23-11-5-4-10-22(23)25)29-16-12-20(13-17-29)31-19-21-9-6-7-18-30-21/h4-5,10-11,20-21H,3,6-9,12-19H2,1-2H3,(H,26,27). The van der Waals surface area contributed by atoms with Crippen LogP contribution in [0, 0.1) is 5.82 Å². The molecular formula is C24H39FN4O2. The molecule has 0 saturated carbocycles. The van der Waals surface area contributed by atoms with Crippen molar-refractivity contribution in [1.29, 1.82) is 0 Å². The molecule has 1 atom stereocenters. The van der Waals surface area contributed by atoms with Crippen LogP contribution in [0.2, 0.25) is 0 Å². The molecule has 0 bridgehead atoms. The summed E-state index contributed by atoms with van der Waals surface area (Å²) in [5.74, 6) is 0.798. The summed E-state index contributed by atoms with van der Waals surface area (Å²) < 4.78 is 25.8. The number of piperidine rings is 1. The second-order valence-corrected chi connectivity index (χ2v) is 8.47. The van der Waals surface area contributed by atoms with Crippen LogP contribution in [0.25, 0.3) is 0 Å². The van der Waals surface area contributed by atoms with Gasteiger partial charge in [-0.3, -0.25) is 4.99 Å². The maximum Gasteiger partial charge on any atom is 0.193 e. The number of anilines is 1. The molecule has 2 aliphatic rings. The largest absolute Gasteiger partial charge is 0.376 e. The Bertz CT molecular complexity index is 673. The summed E-state index contributed by atoms with van der Waals surface area (Å²) in [6, 6.07) is 6.90. The Labute approximate surface area is 186 Å². The lowest BCUT2D eigenvalue weighted by Crippen LogP contribution is -2.47. The Morgan fingerprint density at radius 1 is 1.26 bits per heavy atom. The van der Waals surface area contributed by atoms with Crippen LogP contribution in [0.5, 0.6) is 0 Å². The molecule has 1 aromatic rings. The van der Waals surface area contributed by atoms with Gasteiger partial charge in [0.25, 0.3) is 0 Å². The number of likely N-dealkylation sites (tertiary alicyclic amines) is 1. The summed E-state index contributed by atoms with van der Waals surface area (Å²) in [7, 11) is 1.93. The van der Waals surface area contributed by atoms with Crippen molar-refractivity contribution in [3.8, 4) is 0 Å². The number of para-hydroxylation sites is 1. The SMILES string of the molecule is CCNC(=NCCCN(C)c1ccccc1F)N1CCC(OCC2CCCCO2)CC1. The van der Waals surface area contributed by atoms with Crippen molar-refractivity contribution in [2.24, 2.45) is 4.99 Å². The molecule has 0 aliphatic carbocycles. The topological polar surface area (TPSA) is 49.3 Å². The average molecular weight is 435 g/mol. The van der Waals surface area contributed by atoms with Gasteiger partial charge in [-0.15, -0.1) is 0 Å². The number of rotatable bonds is 9. The van der Waals surface area contributed by atoms with Gasteiger partial charge >= 0.3 is 0 Å². The number of benzene rings is 1. The Morgan fingerprint density at radius 3 is 2.77 bits per heavy atom. The number of guanidine groups is 1. The van der Waals surface area contributed by atoms with Crippen LogP contribution in [-0.2, 0) is 9.47 Å². The van der Waals surface area contributed by atoms with Crippen molar-refractivity contribution < 1.29 is 13.9 Å². The summed E-state index contributed by atoms with van der Waals surface area (Å²) >= 11 is 0. The van der Waals surface area contributed by atoms with Crippen molar-refractivity contribution in [1.82, 2.24) is 10.2 Å². The van der Waals surface area contributed by atoms with Crippen LogP contribution >= 0.6 is 0 Å². The van der Waals surface area contributed by atoms with Gasteiger partial charge in [0, 0.05) is 46.4 Å². The van der Waals surface area contributed by atoms with E-state index in [1.165, 1.54) is 18.9 Å². The van der Waals surface area contributed by atoms with E-state index in [2.05, 4.69) is 17.1 Å². The van der Waals surface area contributed by atoms with Crippen LogP contribution in [0.1, 0.15) is 45.4 Å². The number of nitrogens with one attached hydrogen (secondary N) is 1. The highest BCUT2D eigenvalue weighted by Crippen LogP contribution is 2.19. The summed E-state index contributed by atoms with van der Waals surface area (Å²) in [6.07, 6.45) is 7.09. The van der Waals surface area contributed by atoms with Crippen LogP contribution in [-0.4, -0.2) is 76.1 Å². The van der Waals surface area contributed by atoms with Crippen molar-refractivity contribution in [2.75, 3.05) is 57.9 Å². The fourth-order valence-corrected chi connectivity index (χ4v) is 4.22. The van der Waals surface area contributed by atoms with Crippen LogP contribution in [0.15, 0.2) is 29.3 Å². The minimum Gasteiger partial charge on any atom is -0.376 e. The van der Waals surface area contributed by atoms with Gasteiger partial charge in [-0.05, 0) is 57.6 Å². The lowest BCUT2D eigenvalue weighted by Gasteiger charge is -2.35. The minimum atomic E-state index is -0.179. The van der Waals surface area contributed by atoms with E-state index in [-0.39, 0.29) is 11.9 Å². The highest BCUT2D eigenvalue weighted by molar-refractivity contribution is 5.80. The van der Waals surface area contributed by atoms with E-state index in [0.717, 1.165) is 77.6 Å². The zero-order chi connectivity index (χ0) is 21.9. The molecule has 2 saturated heterocycles. The van der Waals surface area contributed by atoms with Gasteiger partial charge in [-0.25, -0.2) is 4.39 Å². The average Bonchev–Trinajstić information content (AvgIpc) is 2.81. The maximum atomic E-state index is 13.9. The van der Waals surface area contributed by atoms with Gasteiger partial charge in [0.2, 0.25) is 0 Å². The summed E-state index contributed by atoms with van der Waals surface area (Å²) in [5, 5.41) is 3.42. The lowest BCUT2D eigenvalue weighted by atomic mass is 10.1. The Hall–Kier alpha value is -1.86. The molecule has 0 amide bonds. The molecule has 0 spiro atoms. The maximum absolute atomic E-state index is 13.9. The predicted octanol–water partition coefficient (Wildman–Crippen LogP) is 3.67. The van der Waals surface area contributed by atoms with Crippen molar-refractivity contribution >= 4 is 11.6 Å². The van der Waals surface area contributed by atoms with Crippen molar-refractivity contribution in [3.05, 3.63) is 30.1 Å². The van der Waals surface area contributed by atoms with E-state index >= 15 is 0 Å². The van der Waals surface area contributed by atoms with Gasteiger partial charge in [0.15, 0.2) is 5.96 Å². The molecule has 1 N–H and O–H groups in total. The first-order valence-electron chi connectivity index (χ1n) is 11.9. The lowest BCUT2D eigenvalue weighted by molar-refractivity contribution is -0.0721. The smallest absolute Gasteiger partial charge is 0.193 e. The fraction of sp³-hybridized carbons (Fsp3) is 0.708. The van der Waals surface area contributed by atoms with E-state index in [9.17, 15) is 4.39 Å². The Kier molecular flexibility index (Phi) is 9.87. The summed E-state index contributed by atoms with van der Waals surface area (Å²) in [4.78, 5) is 9.11. The van der Waals surface area contributed by atoms with Crippen molar-refractivity contribution in [2.45, 2.75) is 57.7 Å². The van der Waals surface area contributed by atoms with Crippen molar-refractivity contribution in [3.63, 3.8) is 0 Å². The van der Waals surface area contributed by atoms with Crippen LogP contribution < -0.4 is 10.2 Å². The van der Waals surface area contributed by atoms with E-state index < -0.39 is 0 Å². The third-order valence-corrected chi connectivity index (χ3v) is 6.05. The molecule has 3 rings (SSSR count). The zero-order valence-corrected chi connectivity index (χ0v) is 19.2. The third kappa shape index (κ3) is 7.65. The molecule has 7 heteroatoms. The molecule has 0 radical (unpaired) electrons. The first kappa shape index (κ1) is 23.8. The zero-order valence-electron chi connectivity index (χ0n) is 19.2.